The minimum absolute atomic E-state index is 0.0384. The Morgan fingerprint density at radius 3 is 2.60 bits per heavy atom. The molecule has 1 aromatic carbocycles. The van der Waals surface area contributed by atoms with Crippen LogP contribution >= 0.6 is 0 Å². The fourth-order valence-corrected chi connectivity index (χ4v) is 1.52. The summed E-state index contributed by atoms with van der Waals surface area (Å²) in [4.78, 5) is 21.9. The Kier molecular flexibility index (Phi) is 3.26. The minimum atomic E-state index is -0.698. The third kappa shape index (κ3) is 2.82. The van der Waals surface area contributed by atoms with Gasteiger partial charge in [0.1, 0.15) is 5.60 Å². The number of benzene rings is 1. The number of nitrogens with zero attached hydrogens (tertiary/aromatic N) is 3. The maximum Gasteiger partial charge on any atom is 0.412 e. The minimum Gasteiger partial charge on any atom is -0.444 e. The van der Waals surface area contributed by atoms with Crippen LogP contribution in [0.25, 0.3) is 11.0 Å². The van der Waals surface area contributed by atoms with Crippen LogP contribution in [0.5, 0.6) is 0 Å². The van der Waals surface area contributed by atoms with E-state index >= 15 is 0 Å². The van der Waals surface area contributed by atoms with E-state index in [1.165, 1.54) is 12.1 Å². The highest BCUT2D eigenvalue weighted by Gasteiger charge is 2.22. The third-order valence-corrected chi connectivity index (χ3v) is 2.23. The van der Waals surface area contributed by atoms with E-state index in [-0.39, 0.29) is 22.4 Å². The summed E-state index contributed by atoms with van der Waals surface area (Å²) in [5.41, 5.74) is -0.641. The number of anilines is 1. The molecule has 0 unspecified atom stereocenters. The molecule has 106 valence electrons. The first-order valence-corrected chi connectivity index (χ1v) is 5.67. The van der Waals surface area contributed by atoms with Gasteiger partial charge in [-0.25, -0.2) is 9.42 Å². The molecule has 0 bridgehead atoms. The Balaban J connectivity index is 2.33. The summed E-state index contributed by atoms with van der Waals surface area (Å²) in [6.45, 7) is 5.15. The second kappa shape index (κ2) is 4.76. The highest BCUT2D eigenvalue weighted by molar-refractivity contribution is 5.99. The van der Waals surface area contributed by atoms with Gasteiger partial charge < -0.3 is 4.74 Å². The maximum atomic E-state index is 11.7. The second-order valence-electron chi connectivity index (χ2n) is 4.98. The van der Waals surface area contributed by atoms with E-state index in [1.54, 1.807) is 20.8 Å². The number of hydrogen-bond acceptors (Lipinski definition) is 7. The van der Waals surface area contributed by atoms with Gasteiger partial charge in [0.25, 0.3) is 0 Å². The van der Waals surface area contributed by atoms with Gasteiger partial charge >= 0.3 is 11.8 Å². The van der Waals surface area contributed by atoms with Crippen LogP contribution in [-0.2, 0) is 4.74 Å². The normalized spacial score (nSPS) is 11.3. The summed E-state index contributed by atoms with van der Waals surface area (Å²) < 4.78 is 9.56. The molecule has 9 heteroatoms. The average molecular weight is 280 g/mol. The molecule has 1 amide bonds. The van der Waals surface area contributed by atoms with Gasteiger partial charge in [0.2, 0.25) is 5.52 Å². The molecule has 20 heavy (non-hydrogen) atoms. The molecule has 0 spiro atoms. The van der Waals surface area contributed by atoms with Gasteiger partial charge in [0.15, 0.2) is 5.52 Å². The molecule has 1 heterocycles. The summed E-state index contributed by atoms with van der Waals surface area (Å²) in [7, 11) is 0. The summed E-state index contributed by atoms with van der Waals surface area (Å²) >= 11 is 0. The third-order valence-electron chi connectivity index (χ3n) is 2.23. The molecule has 9 nitrogen and oxygen atoms in total. The first-order valence-electron chi connectivity index (χ1n) is 5.67. The van der Waals surface area contributed by atoms with Crippen LogP contribution in [-0.4, -0.2) is 26.9 Å². The van der Waals surface area contributed by atoms with E-state index in [4.69, 9.17) is 4.74 Å². The Labute approximate surface area is 113 Å². The number of nitro benzene ring substituents is 1. The van der Waals surface area contributed by atoms with E-state index in [9.17, 15) is 14.9 Å². The topological polar surface area (TPSA) is 120 Å². The van der Waals surface area contributed by atoms with Gasteiger partial charge in [-0.15, -0.1) is 0 Å². The zero-order valence-corrected chi connectivity index (χ0v) is 11.0. The molecule has 1 aromatic heterocycles. The van der Waals surface area contributed by atoms with Crippen LogP contribution in [0.3, 0.4) is 0 Å². The molecular weight excluding hydrogens is 268 g/mol. The van der Waals surface area contributed by atoms with Gasteiger partial charge in [0.05, 0.1) is 10.6 Å². The number of nitrogens with one attached hydrogen (secondary N) is 1. The zero-order valence-electron chi connectivity index (χ0n) is 11.0. The molecule has 1 N–H and O–H groups in total. The largest absolute Gasteiger partial charge is 0.444 e. The van der Waals surface area contributed by atoms with Crippen molar-refractivity contribution in [2.24, 2.45) is 0 Å². The Morgan fingerprint density at radius 1 is 1.35 bits per heavy atom. The summed E-state index contributed by atoms with van der Waals surface area (Å²) in [6.07, 6.45) is -0.698. The van der Waals surface area contributed by atoms with Crippen molar-refractivity contribution in [2.45, 2.75) is 26.4 Å². The number of hydrogen-bond donors (Lipinski definition) is 1. The number of rotatable bonds is 2. The Bertz CT molecular complexity index is 673. The number of aromatic nitrogens is 2. The lowest BCUT2D eigenvalue weighted by atomic mass is 10.2. The molecule has 0 saturated heterocycles. The van der Waals surface area contributed by atoms with E-state index < -0.39 is 16.6 Å². The second-order valence-corrected chi connectivity index (χ2v) is 4.98. The van der Waals surface area contributed by atoms with Gasteiger partial charge in [-0.05, 0) is 37.2 Å². The molecule has 0 saturated carbocycles. The fraction of sp³-hybridized carbons (Fsp3) is 0.364. The predicted octanol–water partition coefficient (Wildman–Crippen LogP) is 2.48. The highest BCUT2D eigenvalue weighted by Crippen LogP contribution is 2.28. The van der Waals surface area contributed by atoms with Crippen LogP contribution in [0, 0.1) is 10.1 Å². The van der Waals surface area contributed by atoms with E-state index in [0.29, 0.717) is 0 Å². The van der Waals surface area contributed by atoms with Crippen molar-refractivity contribution in [1.82, 2.24) is 10.3 Å². The summed E-state index contributed by atoms with van der Waals surface area (Å²) in [5, 5.41) is 20.3. The predicted molar refractivity (Wildman–Crippen MR) is 68.3 cm³/mol. The average Bonchev–Trinajstić information content (AvgIpc) is 2.75. The first kappa shape index (κ1) is 13.7. The summed E-state index contributed by atoms with van der Waals surface area (Å²) in [6, 6.07) is 2.55. The SMILES string of the molecule is CC(C)(C)OC(=O)Nc1ccc([N+](=O)[O-])c2nonc12. The maximum absolute atomic E-state index is 11.7. The lowest BCUT2D eigenvalue weighted by Crippen LogP contribution is -2.27. The monoisotopic (exact) mass is 280 g/mol. The molecule has 0 radical (unpaired) electrons. The van der Waals surface area contributed by atoms with E-state index in [1.807, 2.05) is 0 Å². The smallest absolute Gasteiger partial charge is 0.412 e. The van der Waals surface area contributed by atoms with Crippen LogP contribution in [0.2, 0.25) is 0 Å². The lowest BCUT2D eigenvalue weighted by molar-refractivity contribution is -0.383. The van der Waals surface area contributed by atoms with E-state index in [2.05, 4.69) is 20.3 Å². The van der Waals surface area contributed by atoms with Crippen molar-refractivity contribution in [3.8, 4) is 0 Å². The molecule has 2 aromatic rings. The van der Waals surface area contributed by atoms with Crippen LogP contribution in [0.15, 0.2) is 16.8 Å². The van der Waals surface area contributed by atoms with Crippen molar-refractivity contribution >= 4 is 28.5 Å². The molecule has 2 rings (SSSR count). The van der Waals surface area contributed by atoms with Crippen molar-refractivity contribution in [2.75, 3.05) is 5.32 Å². The number of ether oxygens (including phenoxy) is 1. The fourth-order valence-electron chi connectivity index (χ4n) is 1.52. The lowest BCUT2D eigenvalue weighted by Gasteiger charge is -2.19. The van der Waals surface area contributed by atoms with Crippen molar-refractivity contribution in [1.29, 1.82) is 0 Å². The number of non-ortho nitro benzene ring substituents is 1. The quantitative estimate of drug-likeness (QED) is 0.662. The number of amides is 1. The van der Waals surface area contributed by atoms with Crippen molar-refractivity contribution in [3.63, 3.8) is 0 Å². The van der Waals surface area contributed by atoms with Gasteiger partial charge in [-0.2, -0.15) is 0 Å². The van der Waals surface area contributed by atoms with Crippen LogP contribution in [0.1, 0.15) is 20.8 Å². The molecule has 0 atom stereocenters. The summed E-state index contributed by atoms with van der Waals surface area (Å²) in [5.74, 6) is 0. The van der Waals surface area contributed by atoms with Gasteiger partial charge in [-0.1, -0.05) is 0 Å². The van der Waals surface area contributed by atoms with Gasteiger partial charge in [0, 0.05) is 6.07 Å². The standard InChI is InChI=1S/C11H12N4O5/c1-11(2,3)19-10(16)12-6-4-5-7(15(17)18)9-8(6)13-20-14-9/h4-5H,1-3H3,(H,12,16). The van der Waals surface area contributed by atoms with Crippen LogP contribution in [0.4, 0.5) is 16.2 Å². The van der Waals surface area contributed by atoms with Crippen LogP contribution < -0.4 is 5.32 Å². The molecule has 0 aliphatic heterocycles. The Morgan fingerprint density at radius 2 is 2.00 bits per heavy atom. The highest BCUT2D eigenvalue weighted by atomic mass is 16.6. The number of fused-ring (bicyclic) bond motifs is 1. The molecule has 0 aliphatic rings. The number of nitro groups is 1. The molecular formula is C11H12N4O5. The Hall–Kier alpha value is -2.71. The number of carbonyl (C=O) groups excluding carboxylic acids is 1. The number of carbonyl (C=O) groups is 1. The first-order chi connectivity index (χ1) is 9.28. The van der Waals surface area contributed by atoms with Crippen molar-refractivity contribution < 1.29 is 19.1 Å². The van der Waals surface area contributed by atoms with E-state index in [0.717, 1.165) is 0 Å². The van der Waals surface area contributed by atoms with Gasteiger partial charge in [-0.3, -0.25) is 15.4 Å². The molecule has 0 aliphatic carbocycles. The van der Waals surface area contributed by atoms with Crippen molar-refractivity contribution in [3.05, 3.63) is 22.2 Å². The zero-order chi connectivity index (χ0) is 14.9. The molecule has 0 fully saturated rings.